The van der Waals surface area contributed by atoms with Gasteiger partial charge in [-0.05, 0) is 60.7 Å². The molecule has 0 radical (unpaired) electrons. The number of halogens is 4. The lowest BCUT2D eigenvalue weighted by atomic mass is 10.2. The lowest BCUT2D eigenvalue weighted by Crippen LogP contribution is -2.19. The first-order valence-corrected chi connectivity index (χ1v) is 9.35. The molecule has 28 heavy (non-hydrogen) atoms. The molecule has 0 atom stereocenters. The van der Waals surface area contributed by atoms with E-state index in [1.165, 1.54) is 0 Å². The van der Waals surface area contributed by atoms with E-state index in [0.29, 0.717) is 11.5 Å². The zero-order chi connectivity index (χ0) is 20.3. The van der Waals surface area contributed by atoms with E-state index in [0.717, 1.165) is 41.3 Å². The number of hydrogen-bond acceptors (Lipinski definition) is 4. The van der Waals surface area contributed by atoms with Crippen LogP contribution in [0.5, 0.6) is 5.75 Å². The van der Waals surface area contributed by atoms with Gasteiger partial charge in [0.05, 0.1) is 27.8 Å². The van der Waals surface area contributed by atoms with E-state index in [1.807, 2.05) is 6.92 Å². The maximum Gasteiger partial charge on any atom is 0.416 e. The summed E-state index contributed by atoms with van der Waals surface area (Å²) in [5.74, 6) is 0.329. The molecule has 1 saturated heterocycles. The van der Waals surface area contributed by atoms with Crippen molar-refractivity contribution >= 4 is 46.2 Å². The third-order valence-corrected chi connectivity index (χ3v) is 4.86. The van der Waals surface area contributed by atoms with Crippen molar-refractivity contribution in [3.63, 3.8) is 0 Å². The number of hydrogen-bond donors (Lipinski definition) is 1. The fourth-order valence-corrected chi connectivity index (χ4v) is 3.34. The van der Waals surface area contributed by atoms with Crippen LogP contribution in [0.1, 0.15) is 18.1 Å². The number of alkyl halides is 3. The fraction of sp³-hybridized carbons (Fsp3) is 0.158. The zero-order valence-corrected chi connectivity index (χ0v) is 16.1. The second-order valence-electron chi connectivity index (χ2n) is 5.65. The third-order valence-electron chi connectivity index (χ3n) is 3.64. The monoisotopic (exact) mass is 426 g/mol. The van der Waals surface area contributed by atoms with E-state index >= 15 is 0 Å². The normalized spacial score (nSPS) is 17.2. The highest BCUT2D eigenvalue weighted by Crippen LogP contribution is 2.36. The Morgan fingerprint density at radius 1 is 1.21 bits per heavy atom. The van der Waals surface area contributed by atoms with Gasteiger partial charge in [-0.3, -0.25) is 4.79 Å². The molecular weight excluding hydrogens is 413 g/mol. The van der Waals surface area contributed by atoms with Gasteiger partial charge >= 0.3 is 6.18 Å². The number of nitrogens with one attached hydrogen (secondary N) is 1. The minimum atomic E-state index is -4.51. The van der Waals surface area contributed by atoms with Crippen LogP contribution in [0.3, 0.4) is 0 Å². The number of rotatable bonds is 4. The minimum Gasteiger partial charge on any atom is -0.494 e. The maximum atomic E-state index is 12.9. The molecule has 1 amide bonds. The lowest BCUT2D eigenvalue weighted by molar-refractivity contribution is -0.137. The first kappa shape index (κ1) is 20.3. The number of amides is 1. The number of amidine groups is 1. The zero-order valence-electron chi connectivity index (χ0n) is 14.5. The number of nitrogens with zero attached hydrogens (tertiary/aromatic N) is 1. The van der Waals surface area contributed by atoms with Gasteiger partial charge in [0.1, 0.15) is 5.75 Å². The van der Waals surface area contributed by atoms with Gasteiger partial charge in [-0.15, -0.1) is 0 Å². The molecule has 0 saturated carbocycles. The molecule has 0 aliphatic carbocycles. The Balaban J connectivity index is 1.82. The van der Waals surface area contributed by atoms with Crippen LogP contribution in [-0.2, 0) is 11.0 Å². The van der Waals surface area contributed by atoms with Crippen molar-refractivity contribution in [1.82, 2.24) is 5.32 Å². The van der Waals surface area contributed by atoms with Crippen LogP contribution in [-0.4, -0.2) is 17.7 Å². The highest BCUT2D eigenvalue weighted by atomic mass is 35.5. The molecule has 1 heterocycles. The molecule has 1 N–H and O–H groups in total. The summed E-state index contributed by atoms with van der Waals surface area (Å²) in [4.78, 5) is 16.6. The van der Waals surface area contributed by atoms with Gasteiger partial charge in [0.2, 0.25) is 0 Å². The summed E-state index contributed by atoms with van der Waals surface area (Å²) in [6.45, 7) is 2.43. The molecule has 0 aromatic heterocycles. The smallest absolute Gasteiger partial charge is 0.416 e. The molecule has 3 rings (SSSR count). The molecule has 1 aliphatic rings. The minimum absolute atomic E-state index is 0.0549. The largest absolute Gasteiger partial charge is 0.494 e. The average Bonchev–Trinajstić information content (AvgIpc) is 2.97. The van der Waals surface area contributed by atoms with Crippen LogP contribution in [0, 0.1) is 0 Å². The summed E-state index contributed by atoms with van der Waals surface area (Å²) < 4.78 is 44.0. The summed E-state index contributed by atoms with van der Waals surface area (Å²) in [7, 11) is 0. The number of carbonyl (C=O) groups excluding carboxylic acids is 1. The Bertz CT molecular complexity index is 957. The van der Waals surface area contributed by atoms with Crippen LogP contribution in [0.25, 0.3) is 6.08 Å². The molecule has 4 nitrogen and oxygen atoms in total. The Morgan fingerprint density at radius 2 is 1.93 bits per heavy atom. The average molecular weight is 427 g/mol. The van der Waals surface area contributed by atoms with Crippen molar-refractivity contribution in [3.05, 3.63) is 63.5 Å². The molecule has 146 valence electrons. The molecule has 0 bridgehead atoms. The number of thioether (sulfide) groups is 1. The number of benzene rings is 2. The Hall–Kier alpha value is -2.45. The number of carbonyl (C=O) groups is 1. The van der Waals surface area contributed by atoms with Crippen LogP contribution >= 0.6 is 23.4 Å². The van der Waals surface area contributed by atoms with Gasteiger partial charge in [-0.2, -0.15) is 13.2 Å². The highest BCUT2D eigenvalue weighted by Gasteiger charge is 2.31. The molecule has 1 fully saturated rings. The Labute approximate surface area is 168 Å². The van der Waals surface area contributed by atoms with Crippen molar-refractivity contribution < 1.29 is 22.7 Å². The van der Waals surface area contributed by atoms with Gasteiger partial charge in [-0.1, -0.05) is 23.7 Å². The second kappa shape index (κ2) is 8.28. The van der Waals surface area contributed by atoms with Gasteiger partial charge in [-0.25, -0.2) is 4.99 Å². The van der Waals surface area contributed by atoms with E-state index in [9.17, 15) is 18.0 Å². The van der Waals surface area contributed by atoms with Gasteiger partial charge < -0.3 is 10.1 Å². The van der Waals surface area contributed by atoms with Crippen LogP contribution < -0.4 is 10.1 Å². The van der Waals surface area contributed by atoms with Crippen LogP contribution in [0.2, 0.25) is 5.02 Å². The standard InChI is InChI=1S/C19H14ClF3N2O2S/c1-2-27-13-6-3-11(4-7-13)9-16-17(26)25-18(28-16)24-15-10-12(19(21,22)23)5-8-14(15)20/h3-10H,2H2,1H3,(H,24,25,26)/b16-9-. The Kier molecular flexibility index (Phi) is 6.00. The SMILES string of the molecule is CCOc1ccc(/C=C2\SC(=Nc3cc(C(F)(F)F)ccc3Cl)NC2=O)cc1. The summed E-state index contributed by atoms with van der Waals surface area (Å²) in [5.41, 5.74) is -0.156. The summed E-state index contributed by atoms with van der Waals surface area (Å²) in [5, 5.41) is 2.74. The van der Waals surface area contributed by atoms with Crippen molar-refractivity contribution in [2.24, 2.45) is 4.99 Å². The summed E-state index contributed by atoms with van der Waals surface area (Å²) in [6.07, 6.45) is -2.85. The first-order chi connectivity index (χ1) is 13.3. The van der Waals surface area contributed by atoms with Gasteiger partial charge in [0.25, 0.3) is 5.91 Å². The summed E-state index contributed by atoms with van der Waals surface area (Å²) >= 11 is 6.97. The van der Waals surface area contributed by atoms with Crippen molar-refractivity contribution in [2.75, 3.05) is 6.61 Å². The van der Waals surface area contributed by atoms with E-state index in [2.05, 4.69) is 10.3 Å². The molecule has 1 aliphatic heterocycles. The van der Waals surface area contributed by atoms with Crippen molar-refractivity contribution in [1.29, 1.82) is 0 Å². The second-order valence-corrected chi connectivity index (χ2v) is 7.09. The van der Waals surface area contributed by atoms with Crippen LogP contribution in [0.15, 0.2) is 52.4 Å². The molecular formula is C19H14ClF3N2O2S. The van der Waals surface area contributed by atoms with Crippen LogP contribution in [0.4, 0.5) is 18.9 Å². The molecule has 2 aromatic carbocycles. The van der Waals surface area contributed by atoms with Gasteiger partial charge in [0.15, 0.2) is 5.17 Å². The lowest BCUT2D eigenvalue weighted by Gasteiger charge is -2.08. The topological polar surface area (TPSA) is 50.7 Å². The number of aliphatic imine (C=N–C) groups is 1. The first-order valence-electron chi connectivity index (χ1n) is 8.15. The predicted octanol–water partition coefficient (Wildman–Crippen LogP) is 5.65. The third kappa shape index (κ3) is 4.88. The highest BCUT2D eigenvalue weighted by molar-refractivity contribution is 8.18. The Morgan fingerprint density at radius 3 is 2.57 bits per heavy atom. The fourth-order valence-electron chi connectivity index (χ4n) is 2.34. The molecule has 0 spiro atoms. The summed E-state index contributed by atoms with van der Waals surface area (Å²) in [6, 6.07) is 10.0. The molecule has 0 unspecified atom stereocenters. The maximum absolute atomic E-state index is 12.9. The van der Waals surface area contributed by atoms with E-state index in [4.69, 9.17) is 16.3 Å². The van der Waals surface area contributed by atoms with E-state index in [1.54, 1.807) is 30.3 Å². The molecule has 9 heteroatoms. The predicted molar refractivity (Wildman–Crippen MR) is 105 cm³/mol. The molecule has 2 aromatic rings. The number of ether oxygens (including phenoxy) is 1. The van der Waals surface area contributed by atoms with E-state index in [-0.39, 0.29) is 21.8 Å². The van der Waals surface area contributed by atoms with E-state index < -0.39 is 11.7 Å². The van der Waals surface area contributed by atoms with Crippen molar-refractivity contribution in [2.45, 2.75) is 13.1 Å². The quantitative estimate of drug-likeness (QED) is 0.643. The van der Waals surface area contributed by atoms with Gasteiger partial charge in [0, 0.05) is 0 Å². The van der Waals surface area contributed by atoms with Crippen molar-refractivity contribution in [3.8, 4) is 5.75 Å².